The molecule has 1 aromatic rings. The third-order valence-corrected chi connectivity index (χ3v) is 3.16. The van der Waals surface area contributed by atoms with Gasteiger partial charge in [-0.25, -0.2) is 0 Å². The second-order valence-corrected chi connectivity index (χ2v) is 4.71. The van der Waals surface area contributed by atoms with Crippen LogP contribution in [0.5, 0.6) is 5.75 Å². The minimum atomic E-state index is -0.933. The molecule has 19 heavy (non-hydrogen) atoms. The lowest BCUT2D eigenvalue weighted by atomic mass is 10.0. The molecule has 1 saturated carbocycles. The third-order valence-electron chi connectivity index (χ3n) is 3.16. The van der Waals surface area contributed by atoms with Crippen molar-refractivity contribution >= 4 is 11.9 Å². The maximum absolute atomic E-state index is 11.8. The standard InChI is InChI=1S/C14H17NO4/c1-19-11-6-4-9(5-7-11)12(8-13(16)17)15-14(18)10-2-3-10/h4-7,10,12H,2-3,8H2,1H3,(H,15,18)(H,16,17). The van der Waals surface area contributed by atoms with Gasteiger partial charge < -0.3 is 15.2 Å². The normalized spacial score (nSPS) is 15.6. The van der Waals surface area contributed by atoms with E-state index in [1.165, 1.54) is 0 Å². The summed E-state index contributed by atoms with van der Waals surface area (Å²) in [6, 6.07) is 6.58. The zero-order valence-electron chi connectivity index (χ0n) is 10.8. The van der Waals surface area contributed by atoms with Gasteiger partial charge in [-0.2, -0.15) is 0 Å². The van der Waals surface area contributed by atoms with Crippen molar-refractivity contribution < 1.29 is 19.4 Å². The second-order valence-electron chi connectivity index (χ2n) is 4.71. The Balaban J connectivity index is 2.10. The molecule has 5 nitrogen and oxygen atoms in total. The molecule has 0 spiro atoms. The molecule has 0 bridgehead atoms. The van der Waals surface area contributed by atoms with Gasteiger partial charge in [0, 0.05) is 5.92 Å². The zero-order chi connectivity index (χ0) is 13.8. The summed E-state index contributed by atoms with van der Waals surface area (Å²) in [5.41, 5.74) is 0.775. The van der Waals surface area contributed by atoms with E-state index in [0.717, 1.165) is 18.4 Å². The van der Waals surface area contributed by atoms with Crippen LogP contribution in [0.3, 0.4) is 0 Å². The van der Waals surface area contributed by atoms with Gasteiger partial charge in [0.1, 0.15) is 5.75 Å². The summed E-state index contributed by atoms with van der Waals surface area (Å²) in [4.78, 5) is 22.7. The Morgan fingerprint density at radius 2 is 2.00 bits per heavy atom. The average molecular weight is 263 g/mol. The molecule has 0 radical (unpaired) electrons. The Bertz CT molecular complexity index is 465. The van der Waals surface area contributed by atoms with Crippen LogP contribution >= 0.6 is 0 Å². The molecule has 2 rings (SSSR count). The van der Waals surface area contributed by atoms with E-state index in [0.29, 0.717) is 5.75 Å². The molecule has 0 aromatic heterocycles. The van der Waals surface area contributed by atoms with E-state index < -0.39 is 12.0 Å². The summed E-state index contributed by atoms with van der Waals surface area (Å²) in [6.45, 7) is 0. The SMILES string of the molecule is COc1ccc(C(CC(=O)O)NC(=O)C2CC2)cc1. The summed E-state index contributed by atoms with van der Waals surface area (Å²) in [7, 11) is 1.57. The number of carboxylic acid groups (broad SMARTS) is 1. The van der Waals surface area contributed by atoms with Crippen molar-refractivity contribution in [2.45, 2.75) is 25.3 Å². The van der Waals surface area contributed by atoms with Crippen molar-refractivity contribution in [3.05, 3.63) is 29.8 Å². The molecule has 1 unspecified atom stereocenters. The minimum Gasteiger partial charge on any atom is -0.497 e. The van der Waals surface area contributed by atoms with Crippen molar-refractivity contribution in [1.82, 2.24) is 5.32 Å². The maximum Gasteiger partial charge on any atom is 0.305 e. The van der Waals surface area contributed by atoms with Crippen LogP contribution in [0.15, 0.2) is 24.3 Å². The third kappa shape index (κ3) is 3.71. The molecule has 5 heteroatoms. The van der Waals surface area contributed by atoms with E-state index >= 15 is 0 Å². The predicted octanol–water partition coefficient (Wildman–Crippen LogP) is 1.74. The van der Waals surface area contributed by atoms with E-state index in [2.05, 4.69) is 5.32 Å². The van der Waals surface area contributed by atoms with Crippen LogP contribution < -0.4 is 10.1 Å². The molecular formula is C14H17NO4. The zero-order valence-corrected chi connectivity index (χ0v) is 10.8. The monoisotopic (exact) mass is 263 g/mol. The van der Waals surface area contributed by atoms with Gasteiger partial charge in [0.05, 0.1) is 19.6 Å². The van der Waals surface area contributed by atoms with E-state index in [1.807, 2.05) is 0 Å². The fourth-order valence-corrected chi connectivity index (χ4v) is 1.90. The maximum atomic E-state index is 11.8. The molecule has 1 aromatic carbocycles. The summed E-state index contributed by atoms with van der Waals surface area (Å²) < 4.78 is 5.06. The lowest BCUT2D eigenvalue weighted by Crippen LogP contribution is -2.31. The molecule has 1 aliphatic carbocycles. The van der Waals surface area contributed by atoms with Crippen molar-refractivity contribution in [1.29, 1.82) is 0 Å². The molecule has 0 heterocycles. The van der Waals surface area contributed by atoms with Crippen LogP contribution in [0.2, 0.25) is 0 Å². The number of benzene rings is 1. The molecule has 1 amide bonds. The highest BCUT2D eigenvalue weighted by molar-refractivity contribution is 5.82. The van der Waals surface area contributed by atoms with Crippen LogP contribution in [-0.4, -0.2) is 24.1 Å². The van der Waals surface area contributed by atoms with Gasteiger partial charge in [-0.1, -0.05) is 12.1 Å². The molecular weight excluding hydrogens is 246 g/mol. The van der Waals surface area contributed by atoms with Gasteiger partial charge in [0.2, 0.25) is 5.91 Å². The van der Waals surface area contributed by atoms with E-state index in [1.54, 1.807) is 31.4 Å². The number of nitrogens with one attached hydrogen (secondary N) is 1. The van der Waals surface area contributed by atoms with Gasteiger partial charge in [-0.05, 0) is 30.5 Å². The van der Waals surface area contributed by atoms with Crippen molar-refractivity contribution in [2.24, 2.45) is 5.92 Å². The van der Waals surface area contributed by atoms with Gasteiger partial charge in [-0.3, -0.25) is 9.59 Å². The first-order valence-corrected chi connectivity index (χ1v) is 6.26. The topological polar surface area (TPSA) is 75.6 Å². The number of methoxy groups -OCH3 is 1. The van der Waals surface area contributed by atoms with E-state index in [4.69, 9.17) is 9.84 Å². The number of ether oxygens (including phenoxy) is 1. The number of hydrogen-bond donors (Lipinski definition) is 2. The molecule has 1 aliphatic rings. The average Bonchev–Trinajstić information content (AvgIpc) is 3.22. The molecule has 0 saturated heterocycles. The predicted molar refractivity (Wildman–Crippen MR) is 68.9 cm³/mol. The fraction of sp³-hybridized carbons (Fsp3) is 0.429. The summed E-state index contributed by atoms with van der Waals surface area (Å²) in [5.74, 6) is -0.222. The fourth-order valence-electron chi connectivity index (χ4n) is 1.90. The lowest BCUT2D eigenvalue weighted by molar-refractivity contribution is -0.137. The molecule has 0 aliphatic heterocycles. The van der Waals surface area contributed by atoms with Crippen LogP contribution in [0.25, 0.3) is 0 Å². The highest BCUT2D eigenvalue weighted by Crippen LogP contribution is 2.30. The smallest absolute Gasteiger partial charge is 0.305 e. The highest BCUT2D eigenvalue weighted by Gasteiger charge is 2.31. The van der Waals surface area contributed by atoms with Gasteiger partial charge in [-0.15, -0.1) is 0 Å². The molecule has 2 N–H and O–H groups in total. The van der Waals surface area contributed by atoms with Crippen LogP contribution in [-0.2, 0) is 9.59 Å². The number of carboxylic acids is 1. The lowest BCUT2D eigenvalue weighted by Gasteiger charge is -2.17. The summed E-state index contributed by atoms with van der Waals surface area (Å²) >= 11 is 0. The Morgan fingerprint density at radius 3 is 2.47 bits per heavy atom. The quantitative estimate of drug-likeness (QED) is 0.819. The first-order valence-electron chi connectivity index (χ1n) is 6.26. The first kappa shape index (κ1) is 13.4. The number of hydrogen-bond acceptors (Lipinski definition) is 3. The Labute approximate surface area is 111 Å². The van der Waals surface area contributed by atoms with Crippen molar-refractivity contribution in [3.63, 3.8) is 0 Å². The number of rotatable bonds is 6. The van der Waals surface area contributed by atoms with E-state index in [-0.39, 0.29) is 18.2 Å². The second kappa shape index (κ2) is 5.73. The largest absolute Gasteiger partial charge is 0.497 e. The van der Waals surface area contributed by atoms with Gasteiger partial charge in [0.25, 0.3) is 0 Å². The summed E-state index contributed by atoms with van der Waals surface area (Å²) in [6.07, 6.45) is 1.67. The van der Waals surface area contributed by atoms with Gasteiger partial charge >= 0.3 is 5.97 Å². The molecule has 1 fully saturated rings. The van der Waals surface area contributed by atoms with E-state index in [9.17, 15) is 9.59 Å². The Morgan fingerprint density at radius 1 is 1.37 bits per heavy atom. The van der Waals surface area contributed by atoms with Crippen LogP contribution in [0.1, 0.15) is 30.9 Å². The number of aliphatic carboxylic acids is 1. The number of carbonyl (C=O) groups is 2. The highest BCUT2D eigenvalue weighted by atomic mass is 16.5. The molecule has 1 atom stereocenters. The molecule has 102 valence electrons. The van der Waals surface area contributed by atoms with Crippen LogP contribution in [0.4, 0.5) is 0 Å². The summed E-state index contributed by atoms with van der Waals surface area (Å²) in [5, 5.41) is 11.7. The Hall–Kier alpha value is -2.04. The number of carbonyl (C=O) groups excluding carboxylic acids is 1. The van der Waals surface area contributed by atoms with Crippen LogP contribution in [0, 0.1) is 5.92 Å². The minimum absolute atomic E-state index is 0.0536. The van der Waals surface area contributed by atoms with Crippen molar-refractivity contribution in [2.75, 3.05) is 7.11 Å². The van der Waals surface area contributed by atoms with Gasteiger partial charge in [0.15, 0.2) is 0 Å². The van der Waals surface area contributed by atoms with Crippen molar-refractivity contribution in [3.8, 4) is 5.75 Å². The first-order chi connectivity index (χ1) is 9.10. The Kier molecular flexibility index (Phi) is 4.04. The number of amides is 1.